The predicted molar refractivity (Wildman–Crippen MR) is 52.6 cm³/mol. The zero-order chi connectivity index (χ0) is 11.2. The topological polar surface area (TPSA) is 17.3 Å². The van der Waals surface area contributed by atoms with E-state index in [-0.39, 0.29) is 5.65 Å². The van der Waals surface area contributed by atoms with Gasteiger partial charge >= 0.3 is 6.18 Å². The summed E-state index contributed by atoms with van der Waals surface area (Å²) in [5, 5.41) is 0. The molecule has 0 saturated heterocycles. The highest BCUT2D eigenvalue weighted by Crippen LogP contribution is 2.30. The molecule has 0 atom stereocenters. The lowest BCUT2D eigenvalue weighted by molar-refractivity contribution is -0.140. The first kappa shape index (κ1) is 10.5. The molecule has 2 aromatic rings. The van der Waals surface area contributed by atoms with E-state index < -0.39 is 11.9 Å². The highest BCUT2D eigenvalue weighted by atomic mass is 79.9. The minimum absolute atomic E-state index is 0.280. The van der Waals surface area contributed by atoms with Crippen molar-refractivity contribution in [2.75, 3.05) is 0 Å². The van der Waals surface area contributed by atoms with Crippen molar-refractivity contribution < 1.29 is 13.2 Å². The van der Waals surface area contributed by atoms with Crippen LogP contribution in [-0.4, -0.2) is 9.38 Å². The summed E-state index contributed by atoms with van der Waals surface area (Å²) >= 11 is 3.21. The minimum Gasteiger partial charge on any atom is -0.306 e. The van der Waals surface area contributed by atoms with E-state index in [2.05, 4.69) is 20.9 Å². The lowest BCUT2D eigenvalue weighted by Gasteiger charge is -1.99. The van der Waals surface area contributed by atoms with Crippen LogP contribution in [-0.2, 0) is 6.18 Å². The van der Waals surface area contributed by atoms with Gasteiger partial charge in [0.05, 0.1) is 4.47 Å². The van der Waals surface area contributed by atoms with Crippen LogP contribution >= 0.6 is 15.9 Å². The molecule has 2 rings (SSSR count). The number of hydrogen-bond acceptors (Lipinski definition) is 1. The van der Waals surface area contributed by atoms with E-state index in [4.69, 9.17) is 0 Å². The van der Waals surface area contributed by atoms with E-state index in [1.54, 1.807) is 19.2 Å². The monoisotopic (exact) mass is 278 g/mol. The quantitative estimate of drug-likeness (QED) is 0.722. The second kappa shape index (κ2) is 3.23. The molecular formula is C9H6BrF3N2. The maximum atomic E-state index is 12.4. The van der Waals surface area contributed by atoms with E-state index in [1.807, 2.05) is 0 Å². The Hall–Kier alpha value is -1.04. The van der Waals surface area contributed by atoms with Gasteiger partial charge in [-0.15, -0.1) is 0 Å². The van der Waals surface area contributed by atoms with Gasteiger partial charge in [-0.05, 0) is 34.5 Å². The maximum Gasteiger partial charge on any atom is 0.434 e. The fraction of sp³-hybridized carbons (Fsp3) is 0.222. The number of alkyl halides is 3. The van der Waals surface area contributed by atoms with Crippen LogP contribution in [0.25, 0.3) is 5.65 Å². The molecule has 0 amide bonds. The van der Waals surface area contributed by atoms with Crippen molar-refractivity contribution in [3.63, 3.8) is 0 Å². The number of hydrogen-bond donors (Lipinski definition) is 0. The SMILES string of the molecule is Cc1ccn2cc(C(F)(F)F)nc2c1Br. The molecule has 2 heterocycles. The third-order valence-electron chi connectivity index (χ3n) is 2.05. The predicted octanol–water partition coefficient (Wildman–Crippen LogP) is 3.42. The molecule has 0 spiro atoms. The fourth-order valence-electron chi connectivity index (χ4n) is 1.25. The minimum atomic E-state index is -4.40. The van der Waals surface area contributed by atoms with Gasteiger partial charge in [0, 0.05) is 12.4 Å². The molecule has 0 aliphatic heterocycles. The van der Waals surface area contributed by atoms with Crippen molar-refractivity contribution in [1.82, 2.24) is 9.38 Å². The molecule has 0 aliphatic rings. The molecule has 6 heteroatoms. The van der Waals surface area contributed by atoms with Crippen LogP contribution in [0.2, 0.25) is 0 Å². The first-order valence-electron chi connectivity index (χ1n) is 4.10. The third kappa shape index (κ3) is 1.73. The van der Waals surface area contributed by atoms with E-state index >= 15 is 0 Å². The number of halogens is 4. The summed E-state index contributed by atoms with van der Waals surface area (Å²) in [6, 6.07) is 1.72. The summed E-state index contributed by atoms with van der Waals surface area (Å²) < 4.78 is 39.0. The van der Waals surface area contributed by atoms with Gasteiger partial charge in [0.1, 0.15) is 0 Å². The Morgan fingerprint density at radius 1 is 1.40 bits per heavy atom. The van der Waals surface area contributed by atoms with Gasteiger partial charge in [0.15, 0.2) is 11.3 Å². The summed E-state index contributed by atoms with van der Waals surface area (Å²) in [4.78, 5) is 3.54. The van der Waals surface area contributed by atoms with Crippen LogP contribution in [0.4, 0.5) is 13.2 Å². The first-order chi connectivity index (χ1) is 6.89. The third-order valence-corrected chi connectivity index (χ3v) is 3.03. The number of imidazole rings is 1. The first-order valence-corrected chi connectivity index (χ1v) is 4.90. The highest BCUT2D eigenvalue weighted by molar-refractivity contribution is 9.10. The molecule has 2 nitrogen and oxygen atoms in total. The lowest BCUT2D eigenvalue weighted by atomic mass is 10.3. The van der Waals surface area contributed by atoms with Crippen molar-refractivity contribution in [3.05, 3.63) is 34.2 Å². The standard InChI is InChI=1S/C9H6BrF3N2/c1-5-2-3-15-4-6(9(11,12)13)14-8(15)7(5)10/h2-4H,1H3. The van der Waals surface area contributed by atoms with Crippen LogP contribution in [0.15, 0.2) is 22.9 Å². The van der Waals surface area contributed by atoms with Gasteiger partial charge < -0.3 is 4.40 Å². The van der Waals surface area contributed by atoms with Crippen molar-refractivity contribution in [1.29, 1.82) is 0 Å². The Kier molecular flexibility index (Phi) is 2.26. The molecule has 0 unspecified atom stereocenters. The van der Waals surface area contributed by atoms with E-state index in [1.165, 1.54) is 4.40 Å². The molecule has 0 bridgehead atoms. The summed E-state index contributed by atoms with van der Waals surface area (Å²) in [6.07, 6.45) is -1.88. The number of aryl methyl sites for hydroxylation is 1. The Bertz CT molecular complexity index is 516. The maximum absolute atomic E-state index is 12.4. The molecule has 2 aromatic heterocycles. The van der Waals surface area contributed by atoms with Crippen LogP contribution in [0, 0.1) is 6.92 Å². The lowest BCUT2D eigenvalue weighted by Crippen LogP contribution is -2.04. The normalized spacial score (nSPS) is 12.3. The van der Waals surface area contributed by atoms with Crippen molar-refractivity contribution >= 4 is 21.6 Å². The molecule has 15 heavy (non-hydrogen) atoms. The number of fused-ring (bicyclic) bond motifs is 1. The van der Waals surface area contributed by atoms with Gasteiger partial charge in [-0.25, -0.2) is 4.98 Å². The average Bonchev–Trinajstić information content (AvgIpc) is 2.55. The van der Waals surface area contributed by atoms with Crippen molar-refractivity contribution in [2.45, 2.75) is 13.1 Å². The molecule has 80 valence electrons. The summed E-state index contributed by atoms with van der Waals surface area (Å²) in [5.41, 5.74) is 0.248. The Morgan fingerprint density at radius 3 is 2.67 bits per heavy atom. The van der Waals surface area contributed by atoms with Gasteiger partial charge in [-0.2, -0.15) is 13.2 Å². The van der Waals surface area contributed by atoms with Crippen LogP contribution in [0.3, 0.4) is 0 Å². The molecule has 0 aromatic carbocycles. The van der Waals surface area contributed by atoms with Crippen LogP contribution in [0.5, 0.6) is 0 Å². The zero-order valence-corrected chi connectivity index (χ0v) is 9.22. The van der Waals surface area contributed by atoms with Gasteiger partial charge in [0.2, 0.25) is 0 Å². The number of pyridine rings is 1. The Morgan fingerprint density at radius 2 is 2.07 bits per heavy atom. The second-order valence-corrected chi connectivity index (χ2v) is 3.96. The van der Waals surface area contributed by atoms with Gasteiger partial charge in [-0.1, -0.05) is 0 Å². The van der Waals surface area contributed by atoms with Crippen molar-refractivity contribution in [3.8, 4) is 0 Å². The second-order valence-electron chi connectivity index (χ2n) is 3.17. The largest absolute Gasteiger partial charge is 0.434 e. The zero-order valence-electron chi connectivity index (χ0n) is 7.64. The molecule has 0 aliphatic carbocycles. The van der Waals surface area contributed by atoms with Crippen molar-refractivity contribution in [2.24, 2.45) is 0 Å². The van der Waals surface area contributed by atoms with Gasteiger partial charge in [0.25, 0.3) is 0 Å². The Labute approximate surface area is 91.9 Å². The summed E-state index contributed by atoms with van der Waals surface area (Å²) in [5.74, 6) is 0. The van der Waals surface area contributed by atoms with Gasteiger partial charge in [-0.3, -0.25) is 0 Å². The smallest absolute Gasteiger partial charge is 0.306 e. The van der Waals surface area contributed by atoms with Crippen LogP contribution in [0.1, 0.15) is 11.3 Å². The van der Waals surface area contributed by atoms with E-state index in [0.717, 1.165) is 11.8 Å². The number of rotatable bonds is 0. The molecule has 0 N–H and O–H groups in total. The number of nitrogens with zero attached hydrogens (tertiary/aromatic N) is 2. The molecule has 0 radical (unpaired) electrons. The molecular weight excluding hydrogens is 273 g/mol. The Balaban J connectivity index is 2.72. The highest BCUT2D eigenvalue weighted by Gasteiger charge is 2.34. The van der Waals surface area contributed by atoms with Crippen LogP contribution < -0.4 is 0 Å². The molecule has 0 fully saturated rings. The molecule has 0 saturated carbocycles. The van der Waals surface area contributed by atoms with E-state index in [0.29, 0.717) is 4.47 Å². The number of aromatic nitrogens is 2. The average molecular weight is 279 g/mol. The van der Waals surface area contributed by atoms with E-state index in [9.17, 15) is 13.2 Å². The summed E-state index contributed by atoms with van der Waals surface area (Å²) in [6.45, 7) is 1.80. The summed E-state index contributed by atoms with van der Waals surface area (Å²) in [7, 11) is 0. The fourth-order valence-corrected chi connectivity index (χ4v) is 1.67.